The molecule has 0 aliphatic carbocycles. The minimum Gasteiger partial charge on any atom is -0.230 e. The number of sulfonamides is 1. The van der Waals surface area contributed by atoms with Crippen LogP contribution in [0.4, 0.5) is 0 Å². The van der Waals surface area contributed by atoms with Gasteiger partial charge < -0.3 is 0 Å². The number of hydrogen-bond donors (Lipinski definition) is 1. The molecule has 1 aromatic heterocycles. The largest absolute Gasteiger partial charge is 0.240 e. The van der Waals surface area contributed by atoms with Crippen molar-refractivity contribution in [1.29, 1.82) is 0 Å². The first-order valence-electron chi connectivity index (χ1n) is 8.15. The molecule has 7 heteroatoms. The van der Waals surface area contributed by atoms with Crippen molar-refractivity contribution in [3.63, 3.8) is 0 Å². The van der Waals surface area contributed by atoms with Crippen LogP contribution in [0, 0.1) is 0 Å². The van der Waals surface area contributed by atoms with Crippen molar-refractivity contribution in [2.45, 2.75) is 29.0 Å². The van der Waals surface area contributed by atoms with E-state index in [2.05, 4.69) is 28.8 Å². The van der Waals surface area contributed by atoms with Crippen LogP contribution in [0.1, 0.15) is 18.9 Å². The average molecular weight is 393 g/mol. The number of nitrogens with zero attached hydrogens (tertiary/aromatic N) is 1. The average Bonchev–Trinajstić information content (AvgIpc) is 3.01. The molecule has 0 spiro atoms. The van der Waals surface area contributed by atoms with Crippen molar-refractivity contribution in [2.24, 2.45) is 0 Å². The summed E-state index contributed by atoms with van der Waals surface area (Å²) in [6.07, 6.45) is 1.62. The standard InChI is InChI=1S/C18H20N2O2S3/c1-2-23-18-20-16-11-10-15(13-17(16)24-18)25(21,22)19-12-6-9-14-7-4-3-5-8-14/h3-5,7-8,10-11,13,19H,2,6,9,12H2,1H3. The lowest BCUT2D eigenvalue weighted by Crippen LogP contribution is -2.25. The number of nitrogens with one attached hydrogen (secondary N) is 1. The predicted molar refractivity (Wildman–Crippen MR) is 106 cm³/mol. The Morgan fingerprint density at radius 2 is 1.96 bits per heavy atom. The Hall–Kier alpha value is -1.41. The van der Waals surface area contributed by atoms with Gasteiger partial charge in [0.05, 0.1) is 15.1 Å². The quantitative estimate of drug-likeness (QED) is 0.458. The first kappa shape index (κ1) is 18.4. The lowest BCUT2D eigenvalue weighted by atomic mass is 10.1. The molecule has 0 fully saturated rings. The number of rotatable bonds is 8. The first-order valence-corrected chi connectivity index (χ1v) is 11.4. The molecule has 4 nitrogen and oxygen atoms in total. The third-order valence-electron chi connectivity index (χ3n) is 3.70. The molecule has 0 saturated carbocycles. The van der Waals surface area contributed by atoms with Crippen LogP contribution in [0.2, 0.25) is 0 Å². The van der Waals surface area contributed by atoms with E-state index in [1.54, 1.807) is 30.0 Å². The summed E-state index contributed by atoms with van der Waals surface area (Å²) in [6.45, 7) is 2.50. The molecule has 0 atom stereocenters. The summed E-state index contributed by atoms with van der Waals surface area (Å²) in [6, 6.07) is 15.2. The van der Waals surface area contributed by atoms with E-state index in [1.807, 2.05) is 18.2 Å². The highest BCUT2D eigenvalue weighted by atomic mass is 32.2. The molecule has 0 saturated heterocycles. The van der Waals surface area contributed by atoms with Crippen molar-refractivity contribution in [3.8, 4) is 0 Å². The van der Waals surface area contributed by atoms with E-state index < -0.39 is 10.0 Å². The number of benzene rings is 2. The minimum atomic E-state index is -3.49. The molecular formula is C18H20N2O2S3. The molecule has 0 aliphatic heterocycles. The zero-order valence-electron chi connectivity index (χ0n) is 13.9. The van der Waals surface area contributed by atoms with Crippen LogP contribution in [0.5, 0.6) is 0 Å². The van der Waals surface area contributed by atoms with Gasteiger partial charge in [-0.3, -0.25) is 0 Å². The molecule has 0 bridgehead atoms. The van der Waals surface area contributed by atoms with Crippen molar-refractivity contribution >= 4 is 43.3 Å². The molecule has 3 aromatic rings. The highest BCUT2D eigenvalue weighted by Crippen LogP contribution is 2.30. The van der Waals surface area contributed by atoms with Crippen LogP contribution >= 0.6 is 23.1 Å². The van der Waals surface area contributed by atoms with Gasteiger partial charge in [-0.1, -0.05) is 49.0 Å². The molecule has 2 aromatic carbocycles. The Bertz CT molecular complexity index is 937. The third-order valence-corrected chi connectivity index (χ3v) is 7.20. The van der Waals surface area contributed by atoms with E-state index in [0.29, 0.717) is 11.4 Å². The first-order chi connectivity index (χ1) is 12.1. The number of hydrogen-bond acceptors (Lipinski definition) is 5. The van der Waals surface area contributed by atoms with Gasteiger partial charge in [-0.15, -0.1) is 11.3 Å². The van der Waals surface area contributed by atoms with Gasteiger partial charge in [0.1, 0.15) is 0 Å². The summed E-state index contributed by atoms with van der Waals surface area (Å²) in [5, 5.41) is 0. The molecule has 25 heavy (non-hydrogen) atoms. The molecule has 1 N–H and O–H groups in total. The fourth-order valence-electron chi connectivity index (χ4n) is 2.46. The Labute approximate surface area is 156 Å². The van der Waals surface area contributed by atoms with Crippen molar-refractivity contribution in [3.05, 3.63) is 54.1 Å². The van der Waals surface area contributed by atoms with Crippen molar-refractivity contribution < 1.29 is 8.42 Å². The minimum absolute atomic E-state index is 0.302. The number of thiazole rings is 1. The van der Waals surface area contributed by atoms with Gasteiger partial charge in [-0.2, -0.15) is 0 Å². The second-order valence-electron chi connectivity index (χ2n) is 5.53. The van der Waals surface area contributed by atoms with Crippen LogP contribution in [0.15, 0.2) is 57.8 Å². The summed E-state index contributed by atoms with van der Waals surface area (Å²) in [5.41, 5.74) is 2.07. The second kappa shape index (κ2) is 8.31. The molecule has 3 rings (SSSR count). The van der Waals surface area contributed by atoms with Gasteiger partial charge >= 0.3 is 0 Å². The fourth-order valence-corrected chi connectivity index (χ4v) is 5.64. The molecule has 0 unspecified atom stereocenters. The number of thioether (sulfide) groups is 1. The summed E-state index contributed by atoms with van der Waals surface area (Å²) >= 11 is 3.21. The van der Waals surface area contributed by atoms with E-state index >= 15 is 0 Å². The molecule has 1 heterocycles. The normalized spacial score (nSPS) is 11.9. The zero-order chi connectivity index (χ0) is 17.7. The maximum atomic E-state index is 12.5. The highest BCUT2D eigenvalue weighted by molar-refractivity contribution is 8.01. The lowest BCUT2D eigenvalue weighted by molar-refractivity contribution is 0.579. The van der Waals surface area contributed by atoms with E-state index in [9.17, 15) is 8.42 Å². The Morgan fingerprint density at radius 3 is 2.72 bits per heavy atom. The Balaban J connectivity index is 1.64. The highest BCUT2D eigenvalue weighted by Gasteiger charge is 2.15. The van der Waals surface area contributed by atoms with Crippen LogP contribution in [0.25, 0.3) is 10.2 Å². The summed E-state index contributed by atoms with van der Waals surface area (Å²) in [4.78, 5) is 4.80. The Kier molecular flexibility index (Phi) is 6.11. The van der Waals surface area contributed by atoms with Gasteiger partial charge in [-0.25, -0.2) is 18.1 Å². The fraction of sp³-hybridized carbons (Fsp3) is 0.278. The van der Waals surface area contributed by atoms with Crippen LogP contribution < -0.4 is 4.72 Å². The van der Waals surface area contributed by atoms with Gasteiger partial charge in [0, 0.05) is 6.54 Å². The molecule has 132 valence electrons. The van der Waals surface area contributed by atoms with E-state index in [1.165, 1.54) is 16.9 Å². The van der Waals surface area contributed by atoms with Crippen molar-refractivity contribution in [2.75, 3.05) is 12.3 Å². The second-order valence-corrected chi connectivity index (χ2v) is 9.84. The summed E-state index contributed by atoms with van der Waals surface area (Å²) in [5.74, 6) is 0.952. The summed E-state index contributed by atoms with van der Waals surface area (Å²) < 4.78 is 29.5. The third kappa shape index (κ3) is 4.82. The zero-order valence-corrected chi connectivity index (χ0v) is 16.4. The van der Waals surface area contributed by atoms with Crippen molar-refractivity contribution in [1.82, 2.24) is 9.71 Å². The van der Waals surface area contributed by atoms with E-state index in [-0.39, 0.29) is 0 Å². The Morgan fingerprint density at radius 1 is 1.16 bits per heavy atom. The maximum absolute atomic E-state index is 12.5. The number of aromatic nitrogens is 1. The monoisotopic (exact) mass is 392 g/mol. The topological polar surface area (TPSA) is 59.1 Å². The van der Waals surface area contributed by atoms with Gasteiger partial charge in [0.15, 0.2) is 4.34 Å². The van der Waals surface area contributed by atoms with Gasteiger partial charge in [0.25, 0.3) is 0 Å². The molecule has 0 amide bonds. The number of fused-ring (bicyclic) bond motifs is 1. The summed E-state index contributed by atoms with van der Waals surface area (Å²) in [7, 11) is -3.49. The van der Waals surface area contributed by atoms with Gasteiger partial charge in [0.2, 0.25) is 10.0 Å². The van der Waals surface area contributed by atoms with E-state index in [0.717, 1.165) is 33.2 Å². The molecule has 0 radical (unpaired) electrons. The SMILES string of the molecule is CCSc1nc2ccc(S(=O)(=O)NCCCc3ccccc3)cc2s1. The molecular weight excluding hydrogens is 372 g/mol. The van der Waals surface area contributed by atoms with Gasteiger partial charge in [-0.05, 0) is 42.4 Å². The van der Waals surface area contributed by atoms with Crippen LogP contribution in [-0.2, 0) is 16.4 Å². The number of aryl methyl sites for hydroxylation is 1. The predicted octanol–water partition coefficient (Wildman–Crippen LogP) is 4.32. The lowest BCUT2D eigenvalue weighted by Gasteiger charge is -2.07. The smallest absolute Gasteiger partial charge is 0.230 e. The maximum Gasteiger partial charge on any atom is 0.240 e. The molecule has 0 aliphatic rings. The van der Waals surface area contributed by atoms with Crippen LogP contribution in [0.3, 0.4) is 0 Å². The van der Waals surface area contributed by atoms with Crippen LogP contribution in [-0.4, -0.2) is 25.7 Å². The van der Waals surface area contributed by atoms with E-state index in [4.69, 9.17) is 0 Å².